The topological polar surface area (TPSA) is 72.6 Å². The minimum Gasteiger partial charge on any atom is -0.490 e. The molecule has 1 aromatic rings. The van der Waals surface area contributed by atoms with Gasteiger partial charge in [0.1, 0.15) is 0 Å². The summed E-state index contributed by atoms with van der Waals surface area (Å²) < 4.78 is 5.40. The van der Waals surface area contributed by atoms with E-state index in [1.165, 1.54) is 13.2 Å². The Morgan fingerprint density at radius 3 is 2.71 bits per heavy atom. The van der Waals surface area contributed by atoms with E-state index in [9.17, 15) is 10.1 Å². The number of aliphatic hydroxyl groups is 1. The van der Waals surface area contributed by atoms with Crippen LogP contribution in [0.1, 0.15) is 5.56 Å². The first kappa shape index (κ1) is 10.9. The maximum atomic E-state index is 10.6. The summed E-state index contributed by atoms with van der Waals surface area (Å²) in [5, 5.41) is 19.6. The second kappa shape index (κ2) is 4.39. The smallest absolute Gasteiger partial charge is 0.312 e. The van der Waals surface area contributed by atoms with Crippen molar-refractivity contribution in [2.75, 3.05) is 7.11 Å². The summed E-state index contributed by atoms with van der Waals surface area (Å²) in [6, 6.07) is 2.91. The van der Waals surface area contributed by atoms with Crippen LogP contribution in [0, 0.1) is 10.1 Å². The number of nitro benzene ring substituents is 1. The van der Waals surface area contributed by atoms with E-state index in [1.54, 1.807) is 6.07 Å². The highest BCUT2D eigenvalue weighted by Gasteiger charge is 2.19. The molecule has 0 saturated carbocycles. The first-order valence-corrected chi connectivity index (χ1v) is 4.51. The molecular formula is C8H8BrNO4. The highest BCUT2D eigenvalue weighted by Crippen LogP contribution is 2.34. The van der Waals surface area contributed by atoms with Crippen LogP contribution in [-0.2, 0) is 6.61 Å². The zero-order chi connectivity index (χ0) is 10.7. The van der Waals surface area contributed by atoms with Crippen molar-refractivity contribution in [3.63, 3.8) is 0 Å². The molecule has 0 aliphatic rings. The molecule has 1 N–H and O–H groups in total. The monoisotopic (exact) mass is 261 g/mol. The average Bonchev–Trinajstić information content (AvgIpc) is 2.16. The fraction of sp³-hybridized carbons (Fsp3) is 0.250. The molecule has 0 unspecified atom stereocenters. The number of nitrogens with zero attached hydrogens (tertiary/aromatic N) is 1. The molecule has 14 heavy (non-hydrogen) atoms. The molecule has 0 saturated heterocycles. The fourth-order valence-electron chi connectivity index (χ4n) is 1.12. The fourth-order valence-corrected chi connectivity index (χ4v) is 1.62. The SMILES string of the molecule is COc1c(CO)cc(Br)cc1[N+](=O)[O-]. The van der Waals surface area contributed by atoms with Crippen molar-refractivity contribution >= 4 is 21.6 Å². The van der Waals surface area contributed by atoms with Gasteiger partial charge in [-0.3, -0.25) is 10.1 Å². The Kier molecular flexibility index (Phi) is 3.43. The Hall–Kier alpha value is -1.14. The van der Waals surface area contributed by atoms with Gasteiger partial charge in [-0.1, -0.05) is 15.9 Å². The third kappa shape index (κ3) is 2.02. The van der Waals surface area contributed by atoms with Crippen LogP contribution in [-0.4, -0.2) is 17.1 Å². The number of nitro groups is 1. The molecule has 0 spiro atoms. The van der Waals surface area contributed by atoms with E-state index in [-0.39, 0.29) is 18.0 Å². The van der Waals surface area contributed by atoms with E-state index >= 15 is 0 Å². The molecule has 76 valence electrons. The molecule has 5 nitrogen and oxygen atoms in total. The predicted molar refractivity (Wildman–Crippen MR) is 53.3 cm³/mol. The van der Waals surface area contributed by atoms with Crippen molar-refractivity contribution in [2.45, 2.75) is 6.61 Å². The van der Waals surface area contributed by atoms with Crippen LogP contribution in [0.25, 0.3) is 0 Å². The minimum absolute atomic E-state index is 0.0979. The summed E-state index contributed by atoms with van der Waals surface area (Å²) in [5.74, 6) is 0.0979. The first-order valence-electron chi connectivity index (χ1n) is 3.71. The van der Waals surface area contributed by atoms with Gasteiger partial charge in [-0.25, -0.2) is 0 Å². The molecular weight excluding hydrogens is 254 g/mol. The highest BCUT2D eigenvalue weighted by atomic mass is 79.9. The van der Waals surface area contributed by atoms with Crippen molar-refractivity contribution in [3.8, 4) is 5.75 Å². The lowest BCUT2D eigenvalue weighted by Crippen LogP contribution is -1.98. The van der Waals surface area contributed by atoms with Crippen LogP contribution in [0.15, 0.2) is 16.6 Å². The number of hydrogen-bond donors (Lipinski definition) is 1. The van der Waals surface area contributed by atoms with E-state index in [0.29, 0.717) is 10.0 Å². The molecule has 1 aromatic carbocycles. The standard InChI is InChI=1S/C8H8BrNO4/c1-14-8-5(4-11)2-6(9)3-7(8)10(12)13/h2-3,11H,4H2,1H3. The van der Waals surface area contributed by atoms with Gasteiger partial charge in [-0.15, -0.1) is 0 Å². The second-order valence-corrected chi connectivity index (χ2v) is 3.45. The largest absolute Gasteiger partial charge is 0.490 e. The van der Waals surface area contributed by atoms with Crippen LogP contribution < -0.4 is 4.74 Å². The average molecular weight is 262 g/mol. The van der Waals surface area contributed by atoms with Gasteiger partial charge in [0.2, 0.25) is 5.75 Å². The zero-order valence-electron chi connectivity index (χ0n) is 7.36. The number of methoxy groups -OCH3 is 1. The summed E-state index contributed by atoms with van der Waals surface area (Å²) in [4.78, 5) is 10.1. The van der Waals surface area contributed by atoms with Gasteiger partial charge < -0.3 is 9.84 Å². The third-order valence-electron chi connectivity index (χ3n) is 1.68. The number of aliphatic hydroxyl groups excluding tert-OH is 1. The van der Waals surface area contributed by atoms with E-state index in [4.69, 9.17) is 9.84 Å². The number of ether oxygens (including phenoxy) is 1. The molecule has 0 aromatic heterocycles. The maximum absolute atomic E-state index is 10.6. The minimum atomic E-state index is -0.553. The normalized spacial score (nSPS) is 9.93. The Bertz CT molecular complexity index is 367. The predicted octanol–water partition coefficient (Wildman–Crippen LogP) is 1.86. The number of hydrogen-bond acceptors (Lipinski definition) is 4. The molecule has 0 amide bonds. The van der Waals surface area contributed by atoms with E-state index in [0.717, 1.165) is 0 Å². The quantitative estimate of drug-likeness (QED) is 0.666. The highest BCUT2D eigenvalue weighted by molar-refractivity contribution is 9.10. The van der Waals surface area contributed by atoms with Gasteiger partial charge in [0.05, 0.1) is 18.6 Å². The van der Waals surface area contributed by atoms with Crippen LogP contribution in [0.5, 0.6) is 5.75 Å². The molecule has 0 aliphatic heterocycles. The first-order chi connectivity index (χ1) is 6.60. The summed E-state index contributed by atoms with van der Waals surface area (Å²) in [5.41, 5.74) is 0.222. The number of benzene rings is 1. The van der Waals surface area contributed by atoms with Crippen molar-refractivity contribution in [2.24, 2.45) is 0 Å². The lowest BCUT2D eigenvalue weighted by molar-refractivity contribution is -0.385. The van der Waals surface area contributed by atoms with Crippen molar-refractivity contribution in [1.29, 1.82) is 0 Å². The molecule has 0 fully saturated rings. The number of rotatable bonds is 3. The molecule has 1 rings (SSSR count). The lowest BCUT2D eigenvalue weighted by atomic mass is 10.2. The Labute approximate surface area is 88.6 Å². The van der Waals surface area contributed by atoms with Crippen LogP contribution in [0.2, 0.25) is 0 Å². The lowest BCUT2D eigenvalue weighted by Gasteiger charge is -2.06. The van der Waals surface area contributed by atoms with E-state index in [1.807, 2.05) is 0 Å². The molecule has 6 heteroatoms. The Balaban J connectivity index is 3.39. The van der Waals surface area contributed by atoms with Gasteiger partial charge in [-0.2, -0.15) is 0 Å². The van der Waals surface area contributed by atoms with Crippen LogP contribution in [0.3, 0.4) is 0 Å². The second-order valence-electron chi connectivity index (χ2n) is 2.53. The van der Waals surface area contributed by atoms with Crippen molar-refractivity contribution in [3.05, 3.63) is 32.3 Å². The van der Waals surface area contributed by atoms with Gasteiger partial charge in [0.15, 0.2) is 0 Å². The summed E-state index contributed by atoms with van der Waals surface area (Å²) in [6.07, 6.45) is 0. The summed E-state index contributed by atoms with van der Waals surface area (Å²) >= 11 is 3.11. The maximum Gasteiger partial charge on any atom is 0.312 e. The Morgan fingerprint density at radius 2 is 2.29 bits per heavy atom. The van der Waals surface area contributed by atoms with E-state index in [2.05, 4.69) is 15.9 Å². The van der Waals surface area contributed by atoms with Crippen LogP contribution in [0.4, 0.5) is 5.69 Å². The molecule has 0 bridgehead atoms. The van der Waals surface area contributed by atoms with Crippen molar-refractivity contribution in [1.82, 2.24) is 0 Å². The molecule has 0 heterocycles. The van der Waals surface area contributed by atoms with Crippen LogP contribution >= 0.6 is 15.9 Å². The zero-order valence-corrected chi connectivity index (χ0v) is 8.94. The third-order valence-corrected chi connectivity index (χ3v) is 2.14. The van der Waals surface area contributed by atoms with Gasteiger partial charge >= 0.3 is 5.69 Å². The van der Waals surface area contributed by atoms with Gasteiger partial charge in [-0.05, 0) is 6.07 Å². The van der Waals surface area contributed by atoms with Gasteiger partial charge in [0.25, 0.3) is 0 Å². The molecule has 0 radical (unpaired) electrons. The summed E-state index contributed by atoms with van der Waals surface area (Å²) in [7, 11) is 1.33. The Morgan fingerprint density at radius 1 is 1.64 bits per heavy atom. The van der Waals surface area contributed by atoms with Crippen molar-refractivity contribution < 1.29 is 14.8 Å². The molecule has 0 atom stereocenters. The van der Waals surface area contributed by atoms with Gasteiger partial charge in [0, 0.05) is 16.1 Å². The number of halogens is 1. The summed E-state index contributed by atoms with van der Waals surface area (Å²) in [6.45, 7) is -0.302. The molecule has 0 aliphatic carbocycles. The van der Waals surface area contributed by atoms with E-state index < -0.39 is 4.92 Å².